The summed E-state index contributed by atoms with van der Waals surface area (Å²) in [6.45, 7) is 1.74. The predicted octanol–water partition coefficient (Wildman–Crippen LogP) is 1.87. The highest BCUT2D eigenvalue weighted by atomic mass is 79.9. The van der Waals surface area contributed by atoms with Crippen LogP contribution >= 0.6 is 15.9 Å². The third-order valence-electron chi connectivity index (χ3n) is 1.64. The summed E-state index contributed by atoms with van der Waals surface area (Å²) in [5.41, 5.74) is 0.278. The molecule has 4 nitrogen and oxygen atoms in total. The van der Waals surface area contributed by atoms with Gasteiger partial charge in [0.05, 0.1) is 0 Å². The lowest BCUT2D eigenvalue weighted by molar-refractivity contribution is 0.568. The van der Waals surface area contributed by atoms with Gasteiger partial charge in [0.15, 0.2) is 0 Å². The van der Waals surface area contributed by atoms with E-state index in [0.29, 0.717) is 10.3 Å². The van der Waals surface area contributed by atoms with Gasteiger partial charge in [-0.05, 0) is 28.9 Å². The molecule has 0 saturated heterocycles. The van der Waals surface area contributed by atoms with E-state index in [9.17, 15) is 4.39 Å². The summed E-state index contributed by atoms with van der Waals surface area (Å²) in [5.74, 6) is 0.0162. The Morgan fingerprint density at radius 3 is 2.86 bits per heavy atom. The maximum atomic E-state index is 13.2. The highest BCUT2D eigenvalue weighted by Gasteiger charge is 2.07. The van der Waals surface area contributed by atoms with Gasteiger partial charge in [0.2, 0.25) is 5.95 Å². The van der Waals surface area contributed by atoms with E-state index in [1.165, 1.54) is 17.2 Å². The first-order valence-electron chi connectivity index (χ1n) is 3.86. The van der Waals surface area contributed by atoms with Crippen molar-refractivity contribution in [2.45, 2.75) is 6.92 Å². The molecule has 0 N–H and O–H groups in total. The van der Waals surface area contributed by atoms with Crippen molar-refractivity contribution in [1.82, 2.24) is 19.7 Å². The van der Waals surface area contributed by atoms with E-state index in [-0.39, 0.29) is 5.69 Å². The summed E-state index contributed by atoms with van der Waals surface area (Å²) in [5, 5.41) is 3.99. The second-order valence-corrected chi connectivity index (χ2v) is 3.62. The Balaban J connectivity index is 2.55. The molecule has 0 saturated carbocycles. The molecule has 2 aromatic rings. The van der Waals surface area contributed by atoms with Crippen LogP contribution in [0.5, 0.6) is 0 Å². The zero-order valence-electron chi connectivity index (χ0n) is 7.28. The molecule has 0 fully saturated rings. The second-order valence-electron chi connectivity index (χ2n) is 2.70. The summed E-state index contributed by atoms with van der Waals surface area (Å²) in [4.78, 5) is 7.47. The van der Waals surface area contributed by atoms with Gasteiger partial charge in [-0.25, -0.2) is 14.6 Å². The van der Waals surface area contributed by atoms with Gasteiger partial charge in [0.1, 0.15) is 17.8 Å². The zero-order valence-corrected chi connectivity index (χ0v) is 8.86. The summed E-state index contributed by atoms with van der Waals surface area (Å²) in [6.07, 6.45) is 2.84. The monoisotopic (exact) mass is 256 g/mol. The highest BCUT2D eigenvalue weighted by Crippen LogP contribution is 2.15. The molecule has 6 heteroatoms. The standard InChI is InChI=1S/C8H6BrFN4/c1-5-12-4-14(13-5)7-2-6(9)3-11-8(7)10/h2-4H,1H3. The van der Waals surface area contributed by atoms with Crippen molar-refractivity contribution in [2.24, 2.45) is 0 Å². The van der Waals surface area contributed by atoms with E-state index in [1.807, 2.05) is 0 Å². The van der Waals surface area contributed by atoms with Crippen LogP contribution in [0.4, 0.5) is 4.39 Å². The minimum absolute atomic E-state index is 0.278. The molecule has 0 amide bonds. The molecule has 0 spiro atoms. The van der Waals surface area contributed by atoms with Crippen LogP contribution in [-0.2, 0) is 0 Å². The maximum absolute atomic E-state index is 13.2. The van der Waals surface area contributed by atoms with Crippen molar-refractivity contribution in [2.75, 3.05) is 0 Å². The molecule has 72 valence electrons. The topological polar surface area (TPSA) is 43.6 Å². The molecule has 0 aromatic carbocycles. The summed E-state index contributed by atoms with van der Waals surface area (Å²) in [7, 11) is 0. The van der Waals surface area contributed by atoms with Crippen LogP contribution in [0.2, 0.25) is 0 Å². The highest BCUT2D eigenvalue weighted by molar-refractivity contribution is 9.10. The number of nitrogens with zero attached hydrogens (tertiary/aromatic N) is 4. The van der Waals surface area contributed by atoms with E-state index < -0.39 is 5.95 Å². The minimum atomic E-state index is -0.571. The summed E-state index contributed by atoms with van der Waals surface area (Å²) in [6, 6.07) is 1.59. The van der Waals surface area contributed by atoms with Gasteiger partial charge in [0.25, 0.3) is 0 Å². The molecule has 0 bridgehead atoms. The van der Waals surface area contributed by atoms with Gasteiger partial charge >= 0.3 is 0 Å². The molecule has 2 heterocycles. The number of pyridine rings is 1. The van der Waals surface area contributed by atoms with Crippen molar-refractivity contribution in [3.05, 3.63) is 34.8 Å². The van der Waals surface area contributed by atoms with Crippen molar-refractivity contribution >= 4 is 15.9 Å². The van der Waals surface area contributed by atoms with Crippen LogP contribution in [0, 0.1) is 12.9 Å². The van der Waals surface area contributed by atoms with Crippen LogP contribution < -0.4 is 0 Å². The molecule has 2 aromatic heterocycles. The van der Waals surface area contributed by atoms with Crippen molar-refractivity contribution in [1.29, 1.82) is 0 Å². The molecule has 0 radical (unpaired) electrons. The van der Waals surface area contributed by atoms with Crippen molar-refractivity contribution in [3.63, 3.8) is 0 Å². The Morgan fingerprint density at radius 2 is 2.21 bits per heavy atom. The smallest absolute Gasteiger partial charge is 0.225 e. The predicted molar refractivity (Wildman–Crippen MR) is 51.5 cm³/mol. The lowest BCUT2D eigenvalue weighted by atomic mass is 10.4. The van der Waals surface area contributed by atoms with E-state index in [4.69, 9.17) is 0 Å². The fourth-order valence-electron chi connectivity index (χ4n) is 1.03. The SMILES string of the molecule is Cc1ncn(-c2cc(Br)cnc2F)n1. The molecule has 0 atom stereocenters. The minimum Gasteiger partial charge on any atom is -0.225 e. The average molecular weight is 257 g/mol. The molecule has 0 aliphatic heterocycles. The van der Waals surface area contributed by atoms with Gasteiger partial charge in [0, 0.05) is 10.7 Å². The van der Waals surface area contributed by atoms with E-state index >= 15 is 0 Å². The first-order valence-corrected chi connectivity index (χ1v) is 4.66. The van der Waals surface area contributed by atoms with E-state index in [1.54, 1.807) is 13.0 Å². The first kappa shape index (κ1) is 9.26. The summed E-state index contributed by atoms with van der Waals surface area (Å²) >= 11 is 3.21. The van der Waals surface area contributed by atoms with Crippen LogP contribution in [0.15, 0.2) is 23.1 Å². The Bertz CT molecular complexity index is 468. The van der Waals surface area contributed by atoms with Gasteiger partial charge in [-0.15, -0.1) is 0 Å². The molecule has 14 heavy (non-hydrogen) atoms. The third kappa shape index (κ3) is 1.65. The Hall–Kier alpha value is -1.30. The van der Waals surface area contributed by atoms with E-state index in [0.717, 1.165) is 0 Å². The molecule has 0 aliphatic rings. The van der Waals surface area contributed by atoms with Crippen LogP contribution in [-0.4, -0.2) is 19.7 Å². The van der Waals surface area contributed by atoms with Crippen molar-refractivity contribution in [3.8, 4) is 5.69 Å². The van der Waals surface area contributed by atoms with Crippen molar-refractivity contribution < 1.29 is 4.39 Å². The van der Waals surface area contributed by atoms with Gasteiger partial charge < -0.3 is 0 Å². The quantitative estimate of drug-likeness (QED) is 0.732. The number of rotatable bonds is 1. The number of aromatic nitrogens is 4. The Kier molecular flexibility index (Phi) is 2.28. The second kappa shape index (κ2) is 3.45. The third-order valence-corrected chi connectivity index (χ3v) is 2.07. The molecular formula is C8H6BrFN4. The number of hydrogen-bond acceptors (Lipinski definition) is 3. The van der Waals surface area contributed by atoms with Crippen LogP contribution in [0.25, 0.3) is 5.69 Å². The normalized spacial score (nSPS) is 10.5. The largest absolute Gasteiger partial charge is 0.238 e. The number of hydrogen-bond donors (Lipinski definition) is 0. The average Bonchev–Trinajstić information content (AvgIpc) is 2.56. The van der Waals surface area contributed by atoms with Crippen LogP contribution in [0.1, 0.15) is 5.82 Å². The van der Waals surface area contributed by atoms with Crippen LogP contribution in [0.3, 0.4) is 0 Å². The lowest BCUT2D eigenvalue weighted by Crippen LogP contribution is -2.00. The summed E-state index contributed by atoms with van der Waals surface area (Å²) < 4.78 is 15.3. The molecular weight excluding hydrogens is 251 g/mol. The Labute approximate surface area is 87.9 Å². The Morgan fingerprint density at radius 1 is 1.43 bits per heavy atom. The van der Waals surface area contributed by atoms with Gasteiger partial charge in [-0.1, -0.05) is 0 Å². The fraction of sp³-hybridized carbons (Fsp3) is 0.125. The number of halogens is 2. The first-order chi connectivity index (χ1) is 6.66. The van der Waals surface area contributed by atoms with E-state index in [2.05, 4.69) is 31.0 Å². The fourth-order valence-corrected chi connectivity index (χ4v) is 1.35. The zero-order chi connectivity index (χ0) is 10.1. The maximum Gasteiger partial charge on any atom is 0.238 e. The molecule has 0 unspecified atom stereocenters. The lowest BCUT2D eigenvalue weighted by Gasteiger charge is -2.01. The number of aryl methyl sites for hydroxylation is 1. The molecule has 2 rings (SSSR count). The van der Waals surface area contributed by atoms with Gasteiger partial charge in [-0.2, -0.15) is 9.49 Å². The molecule has 0 aliphatic carbocycles. The van der Waals surface area contributed by atoms with Gasteiger partial charge in [-0.3, -0.25) is 0 Å².